The molecule has 0 aliphatic carbocycles. The lowest BCUT2D eigenvalue weighted by Gasteiger charge is -2.05. The van der Waals surface area contributed by atoms with Crippen LogP contribution in [0.1, 0.15) is 28.4 Å². The van der Waals surface area contributed by atoms with Gasteiger partial charge in [0.25, 0.3) is 0 Å². The minimum Gasteiger partial charge on any atom is -0.289 e. The molecule has 0 unspecified atom stereocenters. The van der Waals surface area contributed by atoms with Crippen LogP contribution in [-0.2, 0) is 6.42 Å². The second-order valence-electron chi connectivity index (χ2n) is 3.46. The van der Waals surface area contributed by atoms with Crippen molar-refractivity contribution >= 4 is 5.78 Å². The summed E-state index contributed by atoms with van der Waals surface area (Å²) in [6.45, 7) is 2.01. The van der Waals surface area contributed by atoms with E-state index in [-0.39, 0.29) is 5.78 Å². The minimum atomic E-state index is 0.00681. The SMILES string of the molecule is CCc1cnccc1C(=O)c1cccnc1. The van der Waals surface area contributed by atoms with Gasteiger partial charge in [0, 0.05) is 35.9 Å². The first-order valence-corrected chi connectivity index (χ1v) is 5.20. The van der Waals surface area contributed by atoms with Crippen molar-refractivity contribution in [1.29, 1.82) is 0 Å². The van der Waals surface area contributed by atoms with Gasteiger partial charge in [-0.25, -0.2) is 0 Å². The van der Waals surface area contributed by atoms with Gasteiger partial charge in [-0.1, -0.05) is 6.92 Å². The topological polar surface area (TPSA) is 42.9 Å². The van der Waals surface area contributed by atoms with E-state index >= 15 is 0 Å². The van der Waals surface area contributed by atoms with E-state index in [1.807, 2.05) is 6.92 Å². The molecule has 0 bridgehead atoms. The summed E-state index contributed by atoms with van der Waals surface area (Å²) in [5, 5.41) is 0. The van der Waals surface area contributed by atoms with Crippen molar-refractivity contribution in [3.05, 3.63) is 59.7 Å². The van der Waals surface area contributed by atoms with E-state index in [1.54, 1.807) is 43.0 Å². The maximum Gasteiger partial charge on any atom is 0.194 e. The first-order valence-electron chi connectivity index (χ1n) is 5.20. The molecule has 0 aromatic carbocycles. The van der Waals surface area contributed by atoms with Gasteiger partial charge in [-0.2, -0.15) is 0 Å². The van der Waals surface area contributed by atoms with Gasteiger partial charge >= 0.3 is 0 Å². The molecule has 0 radical (unpaired) electrons. The van der Waals surface area contributed by atoms with Gasteiger partial charge in [0.2, 0.25) is 0 Å². The third kappa shape index (κ3) is 1.98. The normalized spacial score (nSPS) is 10.1. The molecule has 0 fully saturated rings. The molecule has 0 spiro atoms. The second-order valence-corrected chi connectivity index (χ2v) is 3.46. The standard InChI is InChI=1S/C13H12N2O/c1-2-10-8-15-7-5-12(10)13(16)11-4-3-6-14-9-11/h3-9H,2H2,1H3. The molecule has 80 valence electrons. The van der Waals surface area contributed by atoms with Crippen molar-refractivity contribution in [2.45, 2.75) is 13.3 Å². The van der Waals surface area contributed by atoms with E-state index in [9.17, 15) is 4.79 Å². The van der Waals surface area contributed by atoms with Crippen molar-refractivity contribution < 1.29 is 4.79 Å². The summed E-state index contributed by atoms with van der Waals surface area (Å²) in [7, 11) is 0. The molecular formula is C13H12N2O. The number of pyridine rings is 2. The summed E-state index contributed by atoms with van der Waals surface area (Å²) in [4.78, 5) is 20.1. The molecule has 0 N–H and O–H groups in total. The summed E-state index contributed by atoms with van der Waals surface area (Å²) < 4.78 is 0. The van der Waals surface area contributed by atoms with Crippen LogP contribution in [-0.4, -0.2) is 15.8 Å². The first kappa shape index (κ1) is 10.5. The highest BCUT2D eigenvalue weighted by atomic mass is 16.1. The zero-order valence-corrected chi connectivity index (χ0v) is 9.05. The molecule has 2 aromatic rings. The Hall–Kier alpha value is -2.03. The molecule has 0 atom stereocenters. The van der Waals surface area contributed by atoms with Crippen molar-refractivity contribution in [3.63, 3.8) is 0 Å². The molecule has 16 heavy (non-hydrogen) atoms. The van der Waals surface area contributed by atoms with E-state index < -0.39 is 0 Å². The monoisotopic (exact) mass is 212 g/mol. The van der Waals surface area contributed by atoms with Crippen LogP contribution in [0.2, 0.25) is 0 Å². The highest BCUT2D eigenvalue weighted by molar-refractivity contribution is 6.09. The highest BCUT2D eigenvalue weighted by Crippen LogP contribution is 2.13. The Kier molecular flexibility index (Phi) is 3.05. The highest BCUT2D eigenvalue weighted by Gasteiger charge is 2.12. The number of aromatic nitrogens is 2. The molecule has 2 heterocycles. The van der Waals surface area contributed by atoms with Crippen LogP contribution in [0.3, 0.4) is 0 Å². The second kappa shape index (κ2) is 4.66. The quantitative estimate of drug-likeness (QED) is 0.733. The fourth-order valence-electron chi connectivity index (χ4n) is 1.58. The summed E-state index contributed by atoms with van der Waals surface area (Å²) in [5.74, 6) is 0.00681. The number of aryl methyl sites for hydroxylation is 1. The number of hydrogen-bond donors (Lipinski definition) is 0. The summed E-state index contributed by atoms with van der Waals surface area (Å²) >= 11 is 0. The predicted molar refractivity (Wildman–Crippen MR) is 61.3 cm³/mol. The molecular weight excluding hydrogens is 200 g/mol. The fourth-order valence-corrected chi connectivity index (χ4v) is 1.58. The molecule has 2 aromatic heterocycles. The summed E-state index contributed by atoms with van der Waals surface area (Å²) in [6, 6.07) is 5.30. The molecule has 0 saturated carbocycles. The van der Waals surface area contributed by atoms with Gasteiger partial charge in [0.1, 0.15) is 0 Å². The fraction of sp³-hybridized carbons (Fsp3) is 0.154. The van der Waals surface area contributed by atoms with Crippen molar-refractivity contribution in [3.8, 4) is 0 Å². The predicted octanol–water partition coefficient (Wildman–Crippen LogP) is 2.27. The van der Waals surface area contributed by atoms with Gasteiger partial charge in [-0.3, -0.25) is 14.8 Å². The molecule has 0 aliphatic heterocycles. The van der Waals surface area contributed by atoms with Crippen LogP contribution in [0.4, 0.5) is 0 Å². The molecule has 2 rings (SSSR count). The number of ketones is 1. The number of carbonyl (C=O) groups excluding carboxylic acids is 1. The Labute approximate surface area is 94.2 Å². The Morgan fingerprint density at radius 1 is 1.19 bits per heavy atom. The largest absolute Gasteiger partial charge is 0.289 e. The van der Waals surface area contributed by atoms with Gasteiger partial charge < -0.3 is 0 Å². The number of rotatable bonds is 3. The van der Waals surface area contributed by atoms with Crippen LogP contribution in [0.25, 0.3) is 0 Å². The molecule has 3 nitrogen and oxygen atoms in total. The molecule has 3 heteroatoms. The number of nitrogens with zero attached hydrogens (tertiary/aromatic N) is 2. The van der Waals surface area contributed by atoms with Crippen molar-refractivity contribution in [1.82, 2.24) is 9.97 Å². The molecule has 0 amide bonds. The Morgan fingerprint density at radius 3 is 2.69 bits per heavy atom. The van der Waals surface area contributed by atoms with Gasteiger partial charge in [-0.05, 0) is 30.2 Å². The third-order valence-corrected chi connectivity index (χ3v) is 2.45. The average Bonchev–Trinajstić information content (AvgIpc) is 2.39. The lowest BCUT2D eigenvalue weighted by Crippen LogP contribution is -2.05. The third-order valence-electron chi connectivity index (χ3n) is 2.45. The van der Waals surface area contributed by atoms with Gasteiger partial charge in [0.05, 0.1) is 0 Å². The van der Waals surface area contributed by atoms with Gasteiger partial charge in [-0.15, -0.1) is 0 Å². The number of carbonyl (C=O) groups is 1. The zero-order valence-electron chi connectivity index (χ0n) is 9.05. The molecule has 0 saturated heterocycles. The van der Waals surface area contributed by atoms with Crippen molar-refractivity contribution in [2.24, 2.45) is 0 Å². The Morgan fingerprint density at radius 2 is 2.00 bits per heavy atom. The van der Waals surface area contributed by atoms with E-state index in [2.05, 4.69) is 9.97 Å². The van der Waals surface area contributed by atoms with Crippen LogP contribution in [0.15, 0.2) is 43.0 Å². The number of hydrogen-bond acceptors (Lipinski definition) is 3. The smallest absolute Gasteiger partial charge is 0.194 e. The van der Waals surface area contributed by atoms with Crippen LogP contribution >= 0.6 is 0 Å². The van der Waals surface area contributed by atoms with Crippen LogP contribution < -0.4 is 0 Å². The lowest BCUT2D eigenvalue weighted by atomic mass is 10.0. The van der Waals surface area contributed by atoms with Crippen LogP contribution in [0.5, 0.6) is 0 Å². The van der Waals surface area contributed by atoms with Crippen LogP contribution in [0, 0.1) is 0 Å². The summed E-state index contributed by atoms with van der Waals surface area (Å²) in [6.07, 6.45) is 7.42. The maximum atomic E-state index is 12.2. The Balaban J connectivity index is 2.42. The average molecular weight is 212 g/mol. The van der Waals surface area contributed by atoms with E-state index in [0.29, 0.717) is 11.1 Å². The zero-order chi connectivity index (χ0) is 11.4. The van der Waals surface area contributed by atoms with E-state index in [1.165, 1.54) is 0 Å². The maximum absolute atomic E-state index is 12.2. The summed E-state index contributed by atoms with van der Waals surface area (Å²) in [5.41, 5.74) is 2.30. The van der Waals surface area contributed by atoms with Crippen molar-refractivity contribution in [2.75, 3.05) is 0 Å². The Bertz CT molecular complexity index is 494. The van der Waals surface area contributed by atoms with E-state index in [4.69, 9.17) is 0 Å². The first-order chi connectivity index (χ1) is 7.83. The lowest BCUT2D eigenvalue weighted by molar-refractivity contribution is 0.103. The minimum absolute atomic E-state index is 0.00681. The molecule has 0 aliphatic rings. The van der Waals surface area contributed by atoms with E-state index in [0.717, 1.165) is 12.0 Å². The van der Waals surface area contributed by atoms with Gasteiger partial charge in [0.15, 0.2) is 5.78 Å².